The number of Topliss-reactive ketones (excluding diaryl/α,β-unsaturated/α-hetero) is 2. The van der Waals surface area contributed by atoms with Crippen LogP contribution in [0.25, 0.3) is 0 Å². The predicted octanol–water partition coefficient (Wildman–Crippen LogP) is 6.74. The van der Waals surface area contributed by atoms with Gasteiger partial charge in [0.15, 0.2) is 17.7 Å². The summed E-state index contributed by atoms with van der Waals surface area (Å²) in [6, 6.07) is 9.51. The molecule has 4 aliphatic heterocycles. The summed E-state index contributed by atoms with van der Waals surface area (Å²) in [4.78, 5) is 49.4. The molecule has 5 rings (SSSR count). The minimum absolute atomic E-state index is 0.135. The van der Waals surface area contributed by atoms with E-state index < -0.39 is 0 Å². The summed E-state index contributed by atoms with van der Waals surface area (Å²) < 4.78 is 5.32. The summed E-state index contributed by atoms with van der Waals surface area (Å²) in [6.45, 7) is 4.48. The van der Waals surface area contributed by atoms with Gasteiger partial charge in [-0.15, -0.1) is 6.42 Å². The smallest absolute Gasteiger partial charge is 0.219 e. The van der Waals surface area contributed by atoms with Crippen LogP contribution in [-0.4, -0.2) is 113 Å². The van der Waals surface area contributed by atoms with Gasteiger partial charge in [0.2, 0.25) is 5.91 Å². The van der Waals surface area contributed by atoms with Crippen molar-refractivity contribution in [1.82, 2.24) is 20.9 Å². The van der Waals surface area contributed by atoms with Crippen LogP contribution in [0.3, 0.4) is 0 Å². The highest BCUT2D eigenvalue weighted by atomic mass is 32.2. The fourth-order valence-corrected chi connectivity index (χ4v) is 12.1. The summed E-state index contributed by atoms with van der Waals surface area (Å²) in [5.74, 6) is 6.46. The van der Waals surface area contributed by atoms with Crippen molar-refractivity contribution in [1.29, 1.82) is 0 Å². The van der Waals surface area contributed by atoms with Gasteiger partial charge >= 0.3 is 0 Å². The molecule has 6 atom stereocenters. The molecule has 4 heterocycles. The molecule has 0 radical (unpaired) electrons. The summed E-state index contributed by atoms with van der Waals surface area (Å²) in [5, 5.41) is 10.7. The van der Waals surface area contributed by atoms with Crippen LogP contribution in [0, 0.1) is 12.3 Å². The van der Waals surface area contributed by atoms with Gasteiger partial charge in [-0.05, 0) is 76.4 Å². The molecular weight excluding hydrogens is 817 g/mol. The second-order valence-electron chi connectivity index (χ2n) is 17.7. The van der Waals surface area contributed by atoms with Crippen LogP contribution in [0.15, 0.2) is 34.3 Å². The first-order valence-electron chi connectivity index (χ1n) is 23.9. The van der Waals surface area contributed by atoms with E-state index in [1.54, 1.807) is 0 Å². The molecule has 1 aromatic carbocycles. The zero-order valence-electron chi connectivity index (χ0n) is 37.3. The average molecular weight is 893 g/mol. The minimum atomic E-state index is 0.135. The van der Waals surface area contributed by atoms with E-state index in [2.05, 4.69) is 48.9 Å². The Morgan fingerprint density at radius 2 is 1.27 bits per heavy atom. The second-order valence-corrected chi connectivity index (χ2v) is 20.2. The van der Waals surface area contributed by atoms with Gasteiger partial charge in [0.05, 0.1) is 24.2 Å². The summed E-state index contributed by atoms with van der Waals surface area (Å²) in [6.07, 6.45) is 25.8. The topological polar surface area (TPSA) is 177 Å². The van der Waals surface area contributed by atoms with Gasteiger partial charge in [-0.2, -0.15) is 23.5 Å². The fraction of sp³-hybridized carbons (Fsp3) is 0.729. The lowest BCUT2D eigenvalue weighted by Crippen LogP contribution is -2.38. The fourth-order valence-electron chi connectivity index (χ4n) is 9.10. The Bertz CT molecular complexity index is 1620. The number of ether oxygens (including phenoxy) is 1. The van der Waals surface area contributed by atoms with Gasteiger partial charge in [-0.3, -0.25) is 19.3 Å². The van der Waals surface area contributed by atoms with Gasteiger partial charge in [0.25, 0.3) is 0 Å². The number of fused-ring (bicyclic) bond motifs is 2. The lowest BCUT2D eigenvalue weighted by atomic mass is 10.0. The number of guanidine groups is 2. The van der Waals surface area contributed by atoms with E-state index in [1.807, 2.05) is 35.7 Å². The number of unbranched alkanes of at least 4 members (excludes halogenated alkanes) is 10. The highest BCUT2D eigenvalue weighted by molar-refractivity contribution is 8.00. The zero-order valence-corrected chi connectivity index (χ0v) is 38.9. The molecule has 0 aromatic heterocycles. The van der Waals surface area contributed by atoms with E-state index >= 15 is 0 Å². The number of terminal acetylenes is 1. The molecule has 62 heavy (non-hydrogen) atoms. The number of nitrogens with zero attached hydrogens (tertiary/aromatic N) is 3. The van der Waals surface area contributed by atoms with E-state index in [-0.39, 0.29) is 18.3 Å². The van der Waals surface area contributed by atoms with E-state index in [0.717, 1.165) is 127 Å². The summed E-state index contributed by atoms with van der Waals surface area (Å²) in [5.41, 5.74) is 13.7. The van der Waals surface area contributed by atoms with Crippen molar-refractivity contribution in [2.24, 2.45) is 21.5 Å². The van der Waals surface area contributed by atoms with Crippen molar-refractivity contribution < 1.29 is 19.1 Å². The second kappa shape index (κ2) is 28.5. The summed E-state index contributed by atoms with van der Waals surface area (Å²) >= 11 is 3.97. The molecule has 1 amide bonds. The van der Waals surface area contributed by atoms with Crippen molar-refractivity contribution in [3.63, 3.8) is 0 Å². The Morgan fingerprint density at radius 3 is 1.89 bits per heavy atom. The van der Waals surface area contributed by atoms with Crippen LogP contribution in [0.1, 0.15) is 151 Å². The normalized spacial score (nSPS) is 22.4. The Balaban J connectivity index is 0.910. The third-order valence-electron chi connectivity index (χ3n) is 12.6. The van der Waals surface area contributed by atoms with E-state index in [0.29, 0.717) is 91.1 Å². The van der Waals surface area contributed by atoms with Gasteiger partial charge in [-0.1, -0.05) is 81.6 Å². The highest BCUT2D eigenvalue weighted by Crippen LogP contribution is 2.36. The van der Waals surface area contributed by atoms with Gasteiger partial charge in [0.1, 0.15) is 12.4 Å². The van der Waals surface area contributed by atoms with Gasteiger partial charge in [0, 0.05) is 72.9 Å². The number of rotatable bonds is 34. The lowest BCUT2D eigenvalue weighted by molar-refractivity contribution is -0.121. The Labute approximate surface area is 380 Å². The number of hydrogen-bond donors (Lipinski definition) is 5. The average Bonchev–Trinajstić information content (AvgIpc) is 4.03. The monoisotopic (exact) mass is 893 g/mol. The van der Waals surface area contributed by atoms with Crippen LogP contribution in [0.4, 0.5) is 0 Å². The molecule has 4 aliphatic rings. The van der Waals surface area contributed by atoms with E-state index in [1.165, 1.54) is 24.8 Å². The molecule has 0 spiro atoms. The molecule has 0 aliphatic carbocycles. The first-order chi connectivity index (χ1) is 30.3. The first-order valence-corrected chi connectivity index (χ1v) is 26.0. The maximum atomic E-state index is 12.7. The third kappa shape index (κ3) is 18.1. The van der Waals surface area contributed by atoms with Crippen LogP contribution in [0.2, 0.25) is 0 Å². The minimum Gasteiger partial charge on any atom is -0.370 e. The number of nitrogens with one attached hydrogen (secondary N) is 3. The molecule has 14 heteroatoms. The van der Waals surface area contributed by atoms with Gasteiger partial charge < -0.3 is 32.2 Å². The number of aliphatic imine (C=N–C) groups is 2. The maximum absolute atomic E-state index is 12.7. The van der Waals surface area contributed by atoms with Crippen LogP contribution >= 0.6 is 23.5 Å². The van der Waals surface area contributed by atoms with Gasteiger partial charge in [-0.25, -0.2) is 9.98 Å². The van der Waals surface area contributed by atoms with E-state index in [9.17, 15) is 14.4 Å². The molecule has 2 fully saturated rings. The lowest BCUT2D eigenvalue weighted by Gasteiger charge is -2.23. The summed E-state index contributed by atoms with van der Waals surface area (Å²) in [7, 11) is 0. The Hall–Kier alpha value is -3.25. The molecule has 6 unspecified atom stereocenters. The molecule has 0 bridgehead atoms. The maximum Gasteiger partial charge on any atom is 0.219 e. The Morgan fingerprint density at radius 1 is 0.726 bits per heavy atom. The standard InChI is InChI=1S/C48H76N8O4S2/c1-2-31-60-32-17-20-41(58)37-26-24-36(25-27-37)33-56(29-15-7-3-5-9-18-38(57)19-10-11-21-42-45-39(34-61-42)52-47(49)54-45)30-16-8-4-6-14-28-51-44(59)23-13-12-22-43-46-40(35-62-43)53-48(50)55-46/h1,24-27,39-40,42-43,45-46H,3-23,28-35H2,(H,51,59)(H3,49,52,54)(H3,50,53,55). The predicted molar refractivity (Wildman–Crippen MR) is 258 cm³/mol. The molecular formula is C48H76N8O4S2. The third-order valence-corrected chi connectivity index (χ3v) is 15.6. The number of nitrogens with two attached hydrogens (primary N) is 2. The van der Waals surface area contributed by atoms with E-state index in [4.69, 9.17) is 22.6 Å². The first kappa shape index (κ1) is 49.8. The largest absolute Gasteiger partial charge is 0.370 e. The Kier molecular flexibility index (Phi) is 22.9. The van der Waals surface area contributed by atoms with Crippen molar-refractivity contribution in [2.45, 2.75) is 176 Å². The molecule has 1 aromatic rings. The number of carbonyl (C=O) groups is 3. The molecule has 7 N–H and O–H groups in total. The molecule has 0 saturated carbocycles. The number of benzene rings is 1. The molecule has 344 valence electrons. The SMILES string of the molecule is C#CCOCCCC(=O)c1ccc(CN(CCCCCCCNC(=O)CCCCC2SCC3NC(N)=NC32)CCCCCCCC(=O)CCCCC2SCC3NC(N)=NC32)cc1. The van der Waals surface area contributed by atoms with Crippen LogP contribution in [0.5, 0.6) is 0 Å². The van der Waals surface area contributed by atoms with Crippen LogP contribution < -0.4 is 27.4 Å². The number of ketones is 2. The molecule has 12 nitrogen and oxygen atoms in total. The number of hydrogen-bond acceptors (Lipinski definition) is 13. The number of thioether (sulfide) groups is 2. The number of carbonyl (C=O) groups excluding carboxylic acids is 3. The van der Waals surface area contributed by atoms with Crippen molar-refractivity contribution in [3.05, 3.63) is 35.4 Å². The zero-order chi connectivity index (χ0) is 43.8. The molecule has 2 saturated heterocycles. The number of amides is 1. The van der Waals surface area contributed by atoms with Crippen molar-refractivity contribution in [2.75, 3.05) is 44.4 Å². The van der Waals surface area contributed by atoms with Crippen LogP contribution in [-0.2, 0) is 20.9 Å². The quantitative estimate of drug-likeness (QED) is 0.0282. The van der Waals surface area contributed by atoms with Crippen molar-refractivity contribution in [3.8, 4) is 12.3 Å². The highest BCUT2D eigenvalue weighted by Gasteiger charge is 2.41. The van der Waals surface area contributed by atoms with Crippen molar-refractivity contribution >= 4 is 52.9 Å².